The molecule has 0 fully saturated rings. The first-order valence-corrected chi connectivity index (χ1v) is 7.53. The van der Waals surface area contributed by atoms with E-state index in [4.69, 9.17) is 23.8 Å². The van der Waals surface area contributed by atoms with Gasteiger partial charge in [-0.1, -0.05) is 11.6 Å². The Morgan fingerprint density at radius 2 is 1.96 bits per heavy atom. The molecule has 7 nitrogen and oxygen atoms in total. The summed E-state index contributed by atoms with van der Waals surface area (Å²) in [6, 6.07) is 10.3. The molecule has 2 aromatic rings. The van der Waals surface area contributed by atoms with Crippen molar-refractivity contribution >= 4 is 46.1 Å². The first kappa shape index (κ1) is 16.9. The van der Waals surface area contributed by atoms with Gasteiger partial charge in [0.2, 0.25) is 0 Å². The predicted molar refractivity (Wildman–Crippen MR) is 93.8 cm³/mol. The van der Waals surface area contributed by atoms with Crippen molar-refractivity contribution in [2.45, 2.75) is 0 Å². The molecule has 0 amide bonds. The standard InChI is InChI=1S/C14H14ClN5O2S/c15-10-1-3-11(4-2-10)19-14(23)17-8-7-16-13-6-5-12(9-18-13)20(21)22/h1-6,9H,7-8H2,(H,16,18)(H2,17,19,23)/p+1. The molecule has 1 heterocycles. The minimum absolute atomic E-state index is 0.0158. The number of anilines is 2. The van der Waals surface area contributed by atoms with E-state index in [9.17, 15) is 10.1 Å². The van der Waals surface area contributed by atoms with Crippen molar-refractivity contribution in [2.75, 3.05) is 23.7 Å². The van der Waals surface area contributed by atoms with Crippen LogP contribution in [0.5, 0.6) is 0 Å². The van der Waals surface area contributed by atoms with Crippen LogP contribution < -0.4 is 20.9 Å². The van der Waals surface area contributed by atoms with Gasteiger partial charge < -0.3 is 10.6 Å². The number of hydrogen-bond acceptors (Lipinski definition) is 4. The highest BCUT2D eigenvalue weighted by Gasteiger charge is 2.08. The number of hydrogen-bond donors (Lipinski definition) is 3. The molecular weight excluding hydrogens is 338 g/mol. The summed E-state index contributed by atoms with van der Waals surface area (Å²) in [4.78, 5) is 12.9. The highest BCUT2D eigenvalue weighted by Crippen LogP contribution is 2.13. The van der Waals surface area contributed by atoms with Crippen LogP contribution in [-0.2, 0) is 0 Å². The summed E-state index contributed by atoms with van der Waals surface area (Å²) < 4.78 is 0. The van der Waals surface area contributed by atoms with Gasteiger partial charge in [0.25, 0.3) is 5.82 Å². The average molecular weight is 353 g/mol. The Morgan fingerprint density at radius 3 is 2.57 bits per heavy atom. The highest BCUT2D eigenvalue weighted by molar-refractivity contribution is 7.80. The van der Waals surface area contributed by atoms with Crippen LogP contribution in [-0.4, -0.2) is 23.1 Å². The minimum atomic E-state index is -0.456. The number of rotatable bonds is 6. The molecule has 4 N–H and O–H groups in total. The summed E-state index contributed by atoms with van der Waals surface area (Å²) in [5, 5.41) is 20.9. The van der Waals surface area contributed by atoms with E-state index in [-0.39, 0.29) is 5.69 Å². The monoisotopic (exact) mass is 352 g/mol. The second-order valence-corrected chi connectivity index (χ2v) is 5.38. The largest absolute Gasteiger partial charge is 0.359 e. The normalized spacial score (nSPS) is 9.96. The van der Waals surface area contributed by atoms with E-state index < -0.39 is 4.92 Å². The fourth-order valence-corrected chi connectivity index (χ4v) is 2.07. The van der Waals surface area contributed by atoms with Gasteiger partial charge >= 0.3 is 5.69 Å². The van der Waals surface area contributed by atoms with Crippen molar-refractivity contribution in [3.8, 4) is 0 Å². The lowest BCUT2D eigenvalue weighted by molar-refractivity contribution is -0.413. The van der Waals surface area contributed by atoms with Crippen LogP contribution in [0.1, 0.15) is 0 Å². The molecule has 0 aliphatic heterocycles. The number of thiocarbonyl (C=S) groups is 1. The Hall–Kier alpha value is -2.45. The lowest BCUT2D eigenvalue weighted by Crippen LogP contribution is -2.33. The SMILES string of the molecule is O=[N+]([O-])c1ccc(NCCNC(=S)Nc2ccc(Cl)cc2)[nH+]c1. The van der Waals surface area contributed by atoms with E-state index in [0.717, 1.165) is 5.69 Å². The summed E-state index contributed by atoms with van der Waals surface area (Å²) >= 11 is 11.0. The predicted octanol–water partition coefficient (Wildman–Crippen LogP) is 2.46. The first-order chi connectivity index (χ1) is 11.0. The zero-order valence-electron chi connectivity index (χ0n) is 12.0. The number of H-pyrrole nitrogens is 1. The van der Waals surface area contributed by atoms with E-state index in [2.05, 4.69) is 20.9 Å². The third-order valence-corrected chi connectivity index (χ3v) is 3.33. The maximum atomic E-state index is 10.5. The average Bonchev–Trinajstić information content (AvgIpc) is 2.54. The van der Waals surface area contributed by atoms with E-state index >= 15 is 0 Å². The topological polar surface area (TPSA) is 93.4 Å². The molecule has 0 saturated heterocycles. The molecule has 2 rings (SSSR count). The highest BCUT2D eigenvalue weighted by atomic mass is 35.5. The summed E-state index contributed by atoms with van der Waals surface area (Å²) in [6.45, 7) is 1.18. The molecule has 0 radical (unpaired) electrons. The van der Waals surface area contributed by atoms with Crippen LogP contribution in [0.3, 0.4) is 0 Å². The number of aromatic amines is 1. The van der Waals surface area contributed by atoms with Crippen molar-refractivity contribution in [1.82, 2.24) is 5.32 Å². The third-order valence-electron chi connectivity index (χ3n) is 2.84. The molecule has 0 aliphatic carbocycles. The van der Waals surface area contributed by atoms with E-state index in [1.807, 2.05) is 12.1 Å². The second kappa shape index (κ2) is 8.25. The van der Waals surface area contributed by atoms with Gasteiger partial charge in [0, 0.05) is 22.8 Å². The van der Waals surface area contributed by atoms with Crippen LogP contribution in [0.4, 0.5) is 17.2 Å². The number of pyridine rings is 1. The zero-order valence-corrected chi connectivity index (χ0v) is 13.6. The molecule has 0 aliphatic rings. The molecule has 1 aromatic carbocycles. The van der Waals surface area contributed by atoms with E-state index in [1.54, 1.807) is 18.2 Å². The van der Waals surface area contributed by atoms with Crippen molar-refractivity contribution in [1.29, 1.82) is 0 Å². The third kappa shape index (κ3) is 5.68. The van der Waals surface area contributed by atoms with Gasteiger partial charge in [-0.3, -0.25) is 15.4 Å². The molecule has 0 atom stereocenters. The number of halogens is 1. The Balaban J connectivity index is 1.69. The van der Waals surface area contributed by atoms with Crippen LogP contribution in [0, 0.1) is 10.1 Å². The fraction of sp³-hybridized carbons (Fsp3) is 0.143. The summed E-state index contributed by atoms with van der Waals surface area (Å²) in [5.41, 5.74) is 0.866. The lowest BCUT2D eigenvalue weighted by Gasteiger charge is -2.09. The van der Waals surface area contributed by atoms with Crippen molar-refractivity contribution < 1.29 is 9.91 Å². The number of nitrogens with zero attached hydrogens (tertiary/aromatic N) is 1. The Morgan fingerprint density at radius 1 is 1.22 bits per heavy atom. The molecule has 23 heavy (non-hydrogen) atoms. The first-order valence-electron chi connectivity index (χ1n) is 6.75. The Labute approximate surface area is 143 Å². The number of nitrogens with one attached hydrogen (secondary N) is 4. The van der Waals surface area contributed by atoms with Gasteiger partial charge in [-0.15, -0.1) is 0 Å². The van der Waals surface area contributed by atoms with Crippen LogP contribution >= 0.6 is 23.8 Å². The molecule has 9 heteroatoms. The number of benzene rings is 1. The maximum Gasteiger partial charge on any atom is 0.308 e. The summed E-state index contributed by atoms with van der Waals surface area (Å²) in [7, 11) is 0. The van der Waals surface area contributed by atoms with Crippen LogP contribution in [0.2, 0.25) is 5.02 Å². The summed E-state index contributed by atoms with van der Waals surface area (Å²) in [5.74, 6) is 0.689. The summed E-state index contributed by atoms with van der Waals surface area (Å²) in [6.07, 6.45) is 1.34. The maximum absolute atomic E-state index is 10.5. The molecule has 1 aromatic heterocycles. The molecule has 120 valence electrons. The van der Waals surface area contributed by atoms with Gasteiger partial charge in [-0.05, 0) is 36.5 Å². The van der Waals surface area contributed by atoms with Gasteiger partial charge in [-0.2, -0.15) is 0 Å². The smallest absolute Gasteiger partial charge is 0.308 e. The van der Waals surface area contributed by atoms with E-state index in [0.29, 0.717) is 29.0 Å². The lowest BCUT2D eigenvalue weighted by atomic mass is 10.3. The molecular formula is C14H15ClN5O2S+. The van der Waals surface area contributed by atoms with Gasteiger partial charge in [0.1, 0.15) is 6.54 Å². The number of nitro groups is 1. The molecule has 0 bridgehead atoms. The van der Waals surface area contributed by atoms with Gasteiger partial charge in [0.05, 0.1) is 11.5 Å². The van der Waals surface area contributed by atoms with Gasteiger partial charge in [0.15, 0.2) is 11.3 Å². The molecule has 0 spiro atoms. The van der Waals surface area contributed by atoms with Crippen molar-refractivity contribution in [3.05, 3.63) is 57.7 Å². The molecule has 0 saturated carbocycles. The van der Waals surface area contributed by atoms with Crippen molar-refractivity contribution in [3.63, 3.8) is 0 Å². The minimum Gasteiger partial charge on any atom is -0.359 e. The number of aromatic nitrogens is 1. The van der Waals surface area contributed by atoms with Crippen molar-refractivity contribution in [2.24, 2.45) is 0 Å². The Kier molecular flexibility index (Phi) is 6.07. The van der Waals surface area contributed by atoms with Crippen LogP contribution in [0.25, 0.3) is 0 Å². The zero-order chi connectivity index (χ0) is 16.7. The Bertz CT molecular complexity index is 679. The second-order valence-electron chi connectivity index (χ2n) is 4.53. The molecule has 0 unspecified atom stereocenters. The quantitative estimate of drug-likeness (QED) is 0.320. The van der Waals surface area contributed by atoms with Crippen LogP contribution in [0.15, 0.2) is 42.6 Å². The van der Waals surface area contributed by atoms with E-state index in [1.165, 1.54) is 12.3 Å². The van der Waals surface area contributed by atoms with Gasteiger partial charge in [-0.25, -0.2) is 4.98 Å². The fourth-order valence-electron chi connectivity index (χ4n) is 1.72.